The van der Waals surface area contributed by atoms with Crippen molar-refractivity contribution in [1.82, 2.24) is 4.98 Å². The summed E-state index contributed by atoms with van der Waals surface area (Å²) in [5, 5.41) is 0. The lowest BCUT2D eigenvalue weighted by Gasteiger charge is -2.16. The van der Waals surface area contributed by atoms with Crippen molar-refractivity contribution in [3.63, 3.8) is 0 Å². The number of nitrogens with zero attached hydrogens (tertiary/aromatic N) is 1. The van der Waals surface area contributed by atoms with Gasteiger partial charge in [0.15, 0.2) is 0 Å². The van der Waals surface area contributed by atoms with Crippen LogP contribution in [0.15, 0.2) is 18.3 Å². The van der Waals surface area contributed by atoms with E-state index in [-0.39, 0.29) is 0 Å². The van der Waals surface area contributed by atoms with Gasteiger partial charge < -0.3 is 0 Å². The number of aromatic nitrogens is 1. The quantitative estimate of drug-likeness (QED) is 0.710. The molecule has 0 radical (unpaired) electrons. The van der Waals surface area contributed by atoms with Crippen molar-refractivity contribution in [3.05, 3.63) is 29.6 Å². The molecule has 0 amide bonds. The molecular formula is C13H21N. The third-order valence-corrected chi connectivity index (χ3v) is 3.00. The van der Waals surface area contributed by atoms with Gasteiger partial charge in [-0.25, -0.2) is 0 Å². The Labute approximate surface area is 87.6 Å². The SMILES string of the molecule is CCc1ncccc1CC(C)C(C)C. The smallest absolute Gasteiger partial charge is 0.0432 e. The summed E-state index contributed by atoms with van der Waals surface area (Å²) in [6.07, 6.45) is 4.10. The number of rotatable bonds is 4. The van der Waals surface area contributed by atoms with Crippen molar-refractivity contribution in [2.75, 3.05) is 0 Å². The van der Waals surface area contributed by atoms with Crippen LogP contribution < -0.4 is 0 Å². The van der Waals surface area contributed by atoms with E-state index >= 15 is 0 Å². The molecule has 1 atom stereocenters. The van der Waals surface area contributed by atoms with Crippen LogP contribution in [0, 0.1) is 11.8 Å². The molecule has 14 heavy (non-hydrogen) atoms. The summed E-state index contributed by atoms with van der Waals surface area (Å²) < 4.78 is 0. The molecule has 0 aliphatic carbocycles. The zero-order chi connectivity index (χ0) is 10.6. The molecule has 0 saturated carbocycles. The maximum Gasteiger partial charge on any atom is 0.0432 e. The Balaban J connectivity index is 2.75. The fourth-order valence-corrected chi connectivity index (χ4v) is 1.56. The monoisotopic (exact) mass is 191 g/mol. The summed E-state index contributed by atoms with van der Waals surface area (Å²) in [5.74, 6) is 1.49. The van der Waals surface area contributed by atoms with Crippen LogP contribution in [-0.2, 0) is 12.8 Å². The van der Waals surface area contributed by atoms with Crippen LogP contribution in [0.2, 0.25) is 0 Å². The maximum atomic E-state index is 4.41. The summed E-state index contributed by atoms with van der Waals surface area (Å²) in [7, 11) is 0. The second-order valence-electron chi connectivity index (χ2n) is 4.39. The summed E-state index contributed by atoms with van der Waals surface area (Å²) in [6, 6.07) is 4.26. The summed E-state index contributed by atoms with van der Waals surface area (Å²) in [6.45, 7) is 9.06. The molecule has 0 saturated heterocycles. The molecule has 0 spiro atoms. The lowest BCUT2D eigenvalue weighted by molar-refractivity contribution is 0.416. The fraction of sp³-hybridized carbons (Fsp3) is 0.615. The van der Waals surface area contributed by atoms with Crippen molar-refractivity contribution >= 4 is 0 Å². The predicted octanol–water partition coefficient (Wildman–Crippen LogP) is 3.48. The first-order valence-corrected chi connectivity index (χ1v) is 5.57. The van der Waals surface area contributed by atoms with Crippen LogP contribution in [0.25, 0.3) is 0 Å². The third kappa shape index (κ3) is 2.83. The zero-order valence-electron chi connectivity index (χ0n) is 9.75. The van der Waals surface area contributed by atoms with Gasteiger partial charge in [-0.05, 0) is 36.3 Å². The summed E-state index contributed by atoms with van der Waals surface area (Å²) >= 11 is 0. The maximum absolute atomic E-state index is 4.41. The molecule has 1 aromatic heterocycles. The second-order valence-corrected chi connectivity index (χ2v) is 4.39. The average Bonchev–Trinajstić information content (AvgIpc) is 2.18. The van der Waals surface area contributed by atoms with Gasteiger partial charge >= 0.3 is 0 Å². The van der Waals surface area contributed by atoms with E-state index < -0.39 is 0 Å². The Morgan fingerprint density at radius 3 is 2.57 bits per heavy atom. The Bertz CT molecular complexity index is 278. The van der Waals surface area contributed by atoms with Crippen LogP contribution in [-0.4, -0.2) is 4.98 Å². The molecule has 0 aromatic carbocycles. The van der Waals surface area contributed by atoms with Gasteiger partial charge in [-0.15, -0.1) is 0 Å². The van der Waals surface area contributed by atoms with Gasteiger partial charge in [0.1, 0.15) is 0 Å². The van der Waals surface area contributed by atoms with E-state index in [4.69, 9.17) is 0 Å². The highest BCUT2D eigenvalue weighted by Crippen LogP contribution is 2.18. The Morgan fingerprint density at radius 2 is 2.00 bits per heavy atom. The van der Waals surface area contributed by atoms with Gasteiger partial charge in [-0.3, -0.25) is 4.98 Å². The van der Waals surface area contributed by atoms with Crippen molar-refractivity contribution in [3.8, 4) is 0 Å². The van der Waals surface area contributed by atoms with Crippen molar-refractivity contribution in [2.45, 2.75) is 40.5 Å². The molecule has 0 bridgehead atoms. The molecule has 0 N–H and O–H groups in total. The molecule has 0 fully saturated rings. The van der Waals surface area contributed by atoms with Gasteiger partial charge in [0.05, 0.1) is 0 Å². The summed E-state index contributed by atoms with van der Waals surface area (Å²) in [4.78, 5) is 4.41. The van der Waals surface area contributed by atoms with E-state index in [0.29, 0.717) is 0 Å². The van der Waals surface area contributed by atoms with Crippen molar-refractivity contribution in [2.24, 2.45) is 11.8 Å². The molecular weight excluding hydrogens is 170 g/mol. The molecule has 1 heteroatoms. The minimum atomic E-state index is 0.740. The lowest BCUT2D eigenvalue weighted by atomic mass is 9.90. The van der Waals surface area contributed by atoms with E-state index in [1.807, 2.05) is 12.3 Å². The van der Waals surface area contributed by atoms with Crippen molar-refractivity contribution in [1.29, 1.82) is 0 Å². The number of aryl methyl sites for hydroxylation is 1. The Hall–Kier alpha value is -0.850. The van der Waals surface area contributed by atoms with Crippen LogP contribution in [0.4, 0.5) is 0 Å². The summed E-state index contributed by atoms with van der Waals surface area (Å²) in [5.41, 5.74) is 2.69. The second kappa shape index (κ2) is 5.14. The van der Waals surface area contributed by atoms with E-state index in [2.05, 4.69) is 38.7 Å². The predicted molar refractivity (Wildman–Crippen MR) is 61.3 cm³/mol. The molecule has 1 nitrogen and oxygen atoms in total. The number of hydrogen-bond donors (Lipinski definition) is 0. The fourth-order valence-electron chi connectivity index (χ4n) is 1.56. The minimum Gasteiger partial charge on any atom is -0.261 e. The molecule has 1 heterocycles. The van der Waals surface area contributed by atoms with E-state index in [1.165, 1.54) is 11.3 Å². The van der Waals surface area contributed by atoms with E-state index in [9.17, 15) is 0 Å². The normalized spacial score (nSPS) is 13.2. The first-order valence-electron chi connectivity index (χ1n) is 5.57. The van der Waals surface area contributed by atoms with Crippen LogP contribution >= 0.6 is 0 Å². The molecule has 1 aromatic rings. The van der Waals surface area contributed by atoms with Gasteiger partial charge in [0.2, 0.25) is 0 Å². The van der Waals surface area contributed by atoms with Crippen LogP contribution in [0.5, 0.6) is 0 Å². The van der Waals surface area contributed by atoms with Gasteiger partial charge in [-0.2, -0.15) is 0 Å². The zero-order valence-corrected chi connectivity index (χ0v) is 9.75. The van der Waals surface area contributed by atoms with Gasteiger partial charge in [0.25, 0.3) is 0 Å². The highest BCUT2D eigenvalue weighted by molar-refractivity contribution is 5.20. The van der Waals surface area contributed by atoms with E-state index in [0.717, 1.165) is 24.7 Å². The van der Waals surface area contributed by atoms with Gasteiger partial charge in [-0.1, -0.05) is 33.8 Å². The van der Waals surface area contributed by atoms with E-state index in [1.54, 1.807) is 0 Å². The Morgan fingerprint density at radius 1 is 1.29 bits per heavy atom. The molecule has 1 unspecified atom stereocenters. The highest BCUT2D eigenvalue weighted by atomic mass is 14.7. The van der Waals surface area contributed by atoms with Crippen LogP contribution in [0.3, 0.4) is 0 Å². The number of hydrogen-bond acceptors (Lipinski definition) is 1. The van der Waals surface area contributed by atoms with Gasteiger partial charge in [0, 0.05) is 11.9 Å². The molecule has 1 rings (SSSR count). The molecule has 0 aliphatic heterocycles. The van der Waals surface area contributed by atoms with Crippen LogP contribution in [0.1, 0.15) is 39.0 Å². The first kappa shape index (κ1) is 11.2. The largest absolute Gasteiger partial charge is 0.261 e. The average molecular weight is 191 g/mol. The minimum absolute atomic E-state index is 0.740. The standard InChI is InChI=1S/C13H21N/c1-5-13-12(7-6-8-14-13)9-11(4)10(2)3/h6-8,10-11H,5,9H2,1-4H3. The number of pyridine rings is 1. The molecule has 78 valence electrons. The molecule has 0 aliphatic rings. The topological polar surface area (TPSA) is 12.9 Å². The highest BCUT2D eigenvalue weighted by Gasteiger charge is 2.10. The lowest BCUT2D eigenvalue weighted by Crippen LogP contribution is -2.09. The Kier molecular flexibility index (Phi) is 4.12. The van der Waals surface area contributed by atoms with Crippen molar-refractivity contribution < 1.29 is 0 Å². The first-order chi connectivity index (χ1) is 6.65. The third-order valence-electron chi connectivity index (χ3n) is 3.00.